The summed E-state index contributed by atoms with van der Waals surface area (Å²) in [6, 6.07) is 15.4. The van der Waals surface area contributed by atoms with E-state index in [1.54, 1.807) is 36.4 Å². The Balaban J connectivity index is 1.67. The zero-order valence-corrected chi connectivity index (χ0v) is 18.0. The van der Waals surface area contributed by atoms with Gasteiger partial charge in [0, 0.05) is 17.5 Å². The number of nitrogens with zero attached hydrogens (tertiary/aromatic N) is 2. The van der Waals surface area contributed by atoms with Crippen molar-refractivity contribution in [3.05, 3.63) is 77.4 Å². The standard InChI is InChI=1S/C25H21N3O6/c26-23(31)12-28-20-7-6-17(30)11-18(20)24(15-3-8-21-22(10-15)34-13-33-21)27-19(25(28)32)9-14-1-4-16(29)5-2-14/h1-8,10-11,19,29-30H,9,12-13H2,(H2,26,31)/t19-/m0/s1. The Morgan fingerprint density at radius 1 is 1.00 bits per heavy atom. The number of nitrogens with two attached hydrogens (primary N) is 1. The quantitative estimate of drug-likeness (QED) is 0.535. The van der Waals surface area contributed by atoms with Crippen molar-refractivity contribution in [2.45, 2.75) is 12.5 Å². The summed E-state index contributed by atoms with van der Waals surface area (Å²) in [5.41, 5.74) is 8.23. The molecule has 2 aliphatic rings. The molecule has 5 rings (SSSR count). The maximum atomic E-state index is 13.6. The highest BCUT2D eigenvalue weighted by atomic mass is 16.7. The van der Waals surface area contributed by atoms with Gasteiger partial charge in [0.2, 0.25) is 12.7 Å². The second-order valence-corrected chi connectivity index (χ2v) is 8.02. The predicted molar refractivity (Wildman–Crippen MR) is 123 cm³/mol. The van der Waals surface area contributed by atoms with Gasteiger partial charge in [0.1, 0.15) is 24.1 Å². The van der Waals surface area contributed by atoms with Crippen LogP contribution in [-0.2, 0) is 16.0 Å². The number of aromatic hydroxyl groups is 2. The molecular formula is C25H21N3O6. The summed E-state index contributed by atoms with van der Waals surface area (Å²) in [5.74, 6) is 0.147. The molecule has 0 saturated carbocycles. The molecule has 2 heterocycles. The molecule has 2 aliphatic heterocycles. The van der Waals surface area contributed by atoms with Gasteiger partial charge in [0.05, 0.1) is 11.4 Å². The molecule has 9 heteroatoms. The third-order valence-corrected chi connectivity index (χ3v) is 5.69. The number of benzene rings is 3. The van der Waals surface area contributed by atoms with Crippen LogP contribution in [0.4, 0.5) is 5.69 Å². The Kier molecular flexibility index (Phi) is 5.29. The number of phenols is 2. The summed E-state index contributed by atoms with van der Waals surface area (Å²) in [6.07, 6.45) is 0.225. The number of hydrogen-bond acceptors (Lipinski definition) is 7. The van der Waals surface area contributed by atoms with E-state index in [1.807, 2.05) is 0 Å². The average molecular weight is 459 g/mol. The van der Waals surface area contributed by atoms with E-state index >= 15 is 0 Å². The number of primary amides is 1. The van der Waals surface area contributed by atoms with Crippen molar-refractivity contribution in [2.24, 2.45) is 10.7 Å². The molecular weight excluding hydrogens is 438 g/mol. The van der Waals surface area contributed by atoms with Crippen molar-refractivity contribution in [2.75, 3.05) is 18.2 Å². The Bertz CT molecular complexity index is 1320. The maximum absolute atomic E-state index is 13.6. The molecule has 34 heavy (non-hydrogen) atoms. The highest BCUT2D eigenvalue weighted by Gasteiger charge is 2.33. The van der Waals surface area contributed by atoms with Gasteiger partial charge in [-0.3, -0.25) is 14.6 Å². The maximum Gasteiger partial charge on any atom is 0.252 e. The molecule has 0 unspecified atom stereocenters. The minimum Gasteiger partial charge on any atom is -0.508 e. The van der Waals surface area contributed by atoms with E-state index in [0.717, 1.165) is 5.56 Å². The van der Waals surface area contributed by atoms with E-state index in [1.165, 1.54) is 29.2 Å². The van der Waals surface area contributed by atoms with E-state index in [0.29, 0.717) is 34.0 Å². The summed E-state index contributed by atoms with van der Waals surface area (Å²) in [6.45, 7) is -0.233. The molecule has 0 saturated heterocycles. The van der Waals surface area contributed by atoms with Crippen LogP contribution in [0.1, 0.15) is 16.7 Å². The van der Waals surface area contributed by atoms with E-state index in [-0.39, 0.29) is 31.3 Å². The van der Waals surface area contributed by atoms with Crippen LogP contribution in [0.15, 0.2) is 65.7 Å². The molecule has 1 atom stereocenters. The van der Waals surface area contributed by atoms with E-state index in [2.05, 4.69) is 0 Å². The number of amides is 2. The summed E-state index contributed by atoms with van der Waals surface area (Å²) in [5, 5.41) is 19.9. The zero-order valence-electron chi connectivity index (χ0n) is 18.0. The molecule has 9 nitrogen and oxygen atoms in total. The van der Waals surface area contributed by atoms with Gasteiger partial charge in [-0.05, 0) is 54.1 Å². The number of hydrogen-bond donors (Lipinski definition) is 3. The third kappa shape index (κ3) is 3.99. The van der Waals surface area contributed by atoms with Gasteiger partial charge >= 0.3 is 0 Å². The second kappa shape index (κ2) is 8.43. The van der Waals surface area contributed by atoms with Crippen molar-refractivity contribution in [3.63, 3.8) is 0 Å². The van der Waals surface area contributed by atoms with Gasteiger partial charge in [-0.25, -0.2) is 0 Å². The molecule has 0 fully saturated rings. The van der Waals surface area contributed by atoms with Crippen LogP contribution in [0.2, 0.25) is 0 Å². The molecule has 0 aliphatic carbocycles. The number of benzodiazepines with no additional fused rings is 1. The Morgan fingerprint density at radius 3 is 2.50 bits per heavy atom. The molecule has 0 spiro atoms. The zero-order chi connectivity index (χ0) is 23.8. The van der Waals surface area contributed by atoms with Gasteiger partial charge in [-0.2, -0.15) is 0 Å². The fourth-order valence-electron chi connectivity index (χ4n) is 4.11. The predicted octanol–water partition coefficient (Wildman–Crippen LogP) is 2.11. The summed E-state index contributed by atoms with van der Waals surface area (Å²) in [7, 11) is 0. The lowest BCUT2D eigenvalue weighted by Gasteiger charge is -2.24. The Morgan fingerprint density at radius 2 is 1.74 bits per heavy atom. The number of phenolic OH excluding ortho intramolecular Hbond substituents is 2. The summed E-state index contributed by atoms with van der Waals surface area (Å²) >= 11 is 0. The normalized spacial score (nSPS) is 16.6. The lowest BCUT2D eigenvalue weighted by Crippen LogP contribution is -2.43. The molecule has 0 radical (unpaired) electrons. The van der Waals surface area contributed by atoms with Gasteiger partial charge in [-0.1, -0.05) is 12.1 Å². The highest BCUT2D eigenvalue weighted by molar-refractivity contribution is 6.21. The topological polar surface area (TPSA) is 135 Å². The molecule has 172 valence electrons. The smallest absolute Gasteiger partial charge is 0.252 e. The first-order chi connectivity index (χ1) is 16.4. The Hall–Kier alpha value is -4.53. The lowest BCUT2D eigenvalue weighted by molar-refractivity contribution is -0.123. The second-order valence-electron chi connectivity index (χ2n) is 8.02. The van der Waals surface area contributed by atoms with Crippen LogP contribution in [0.25, 0.3) is 0 Å². The van der Waals surface area contributed by atoms with Crippen molar-refractivity contribution in [1.82, 2.24) is 0 Å². The van der Waals surface area contributed by atoms with Gasteiger partial charge in [0.25, 0.3) is 5.91 Å². The van der Waals surface area contributed by atoms with E-state index in [9.17, 15) is 19.8 Å². The number of aliphatic imine (C=N–C) groups is 1. The fourth-order valence-corrected chi connectivity index (χ4v) is 4.11. The van der Waals surface area contributed by atoms with Crippen LogP contribution in [-0.4, -0.2) is 47.1 Å². The van der Waals surface area contributed by atoms with Gasteiger partial charge in [0.15, 0.2) is 11.5 Å². The van der Waals surface area contributed by atoms with Crippen LogP contribution < -0.4 is 20.1 Å². The monoisotopic (exact) mass is 459 g/mol. The number of ether oxygens (including phenoxy) is 2. The molecule has 0 bridgehead atoms. The molecule has 3 aromatic carbocycles. The van der Waals surface area contributed by atoms with Crippen molar-refractivity contribution in [3.8, 4) is 23.0 Å². The molecule has 2 amide bonds. The fraction of sp³-hybridized carbons (Fsp3) is 0.160. The summed E-state index contributed by atoms with van der Waals surface area (Å²) < 4.78 is 10.9. The lowest BCUT2D eigenvalue weighted by atomic mass is 9.99. The third-order valence-electron chi connectivity index (χ3n) is 5.69. The van der Waals surface area contributed by atoms with Gasteiger partial charge < -0.3 is 30.3 Å². The minimum atomic E-state index is -0.890. The Labute approximate surface area is 194 Å². The molecule has 3 aromatic rings. The minimum absolute atomic E-state index is 0.0179. The number of carbonyl (C=O) groups is 2. The first kappa shape index (κ1) is 21.3. The molecule has 0 aromatic heterocycles. The van der Waals surface area contributed by atoms with Crippen LogP contribution in [0, 0.1) is 0 Å². The van der Waals surface area contributed by atoms with Crippen LogP contribution >= 0.6 is 0 Å². The first-order valence-electron chi connectivity index (χ1n) is 10.6. The van der Waals surface area contributed by atoms with Crippen molar-refractivity contribution >= 4 is 23.2 Å². The summed E-state index contributed by atoms with van der Waals surface area (Å²) in [4.78, 5) is 31.6. The van der Waals surface area contributed by atoms with Crippen molar-refractivity contribution < 1.29 is 29.3 Å². The average Bonchev–Trinajstić information content (AvgIpc) is 3.25. The number of anilines is 1. The van der Waals surface area contributed by atoms with Crippen molar-refractivity contribution in [1.29, 1.82) is 0 Å². The van der Waals surface area contributed by atoms with Crippen LogP contribution in [0.5, 0.6) is 23.0 Å². The largest absolute Gasteiger partial charge is 0.508 e. The van der Waals surface area contributed by atoms with Crippen LogP contribution in [0.3, 0.4) is 0 Å². The highest BCUT2D eigenvalue weighted by Crippen LogP contribution is 2.36. The SMILES string of the molecule is NC(=O)CN1C(=O)[C@H](Cc2ccc(O)cc2)N=C(c2ccc3c(c2)OCO3)c2cc(O)ccc21. The number of fused-ring (bicyclic) bond motifs is 2. The number of carbonyl (C=O) groups excluding carboxylic acids is 2. The number of rotatable bonds is 5. The van der Waals surface area contributed by atoms with E-state index < -0.39 is 17.9 Å². The van der Waals surface area contributed by atoms with E-state index in [4.69, 9.17) is 20.2 Å². The first-order valence-corrected chi connectivity index (χ1v) is 10.6. The van der Waals surface area contributed by atoms with Gasteiger partial charge in [-0.15, -0.1) is 0 Å². The molecule has 4 N–H and O–H groups in total.